The van der Waals surface area contributed by atoms with Gasteiger partial charge < -0.3 is 14.5 Å². The lowest BCUT2D eigenvalue weighted by Crippen LogP contribution is -2.28. The Morgan fingerprint density at radius 1 is 0.811 bits per heavy atom. The number of nitrogens with one attached hydrogen (secondary N) is 1. The summed E-state index contributed by atoms with van der Waals surface area (Å²) in [5, 5.41) is 9.35. The molecule has 8 nitrogen and oxygen atoms in total. The van der Waals surface area contributed by atoms with E-state index in [1.807, 2.05) is 25.6 Å². The highest BCUT2D eigenvalue weighted by molar-refractivity contribution is 5.22. The maximum absolute atomic E-state index is 9.35. The number of aromatic amines is 1. The Morgan fingerprint density at radius 2 is 1.46 bits per heavy atom. The first kappa shape index (κ1) is 28.6. The van der Waals surface area contributed by atoms with Crippen LogP contribution < -0.4 is 0 Å². The zero-order valence-corrected chi connectivity index (χ0v) is 22.9. The van der Waals surface area contributed by atoms with Crippen molar-refractivity contribution >= 4 is 0 Å². The van der Waals surface area contributed by atoms with Crippen molar-refractivity contribution in [1.82, 2.24) is 34.2 Å². The Hall–Kier alpha value is -2.99. The molecule has 0 bridgehead atoms. The van der Waals surface area contributed by atoms with Crippen molar-refractivity contribution in [3.63, 3.8) is 0 Å². The molecule has 1 N–H and O–H groups in total. The van der Waals surface area contributed by atoms with E-state index in [1.165, 1.54) is 43.5 Å². The molecule has 1 aromatic carbocycles. The number of unbranched alkanes of at least 4 members (excludes halogenated alkanes) is 1. The molecule has 0 radical (unpaired) electrons. The third-order valence-electron chi connectivity index (χ3n) is 6.62. The molecule has 200 valence electrons. The summed E-state index contributed by atoms with van der Waals surface area (Å²) in [6, 6.07) is 11.2. The highest BCUT2D eigenvalue weighted by Gasteiger charge is 2.13. The molecule has 0 aliphatic rings. The first-order valence-corrected chi connectivity index (χ1v) is 13.7. The molecule has 3 aromatic rings. The van der Waals surface area contributed by atoms with Crippen LogP contribution in [0.1, 0.15) is 62.3 Å². The van der Waals surface area contributed by atoms with Crippen LogP contribution in [0, 0.1) is 11.3 Å². The minimum atomic E-state index is 0.468. The Labute approximate surface area is 222 Å². The molecule has 0 atom stereocenters. The molecule has 0 aliphatic heterocycles. The summed E-state index contributed by atoms with van der Waals surface area (Å²) in [7, 11) is 2.03. The summed E-state index contributed by atoms with van der Waals surface area (Å²) in [6.45, 7) is 12.5. The SMILES string of the molecule is CCCN(CCC)CCCCN(CC#N)Cc1ccc(CN(Cc2ncc[nH]2)Cc2nccn2C)cc1. The van der Waals surface area contributed by atoms with Gasteiger partial charge in [-0.15, -0.1) is 0 Å². The van der Waals surface area contributed by atoms with Gasteiger partial charge in [0.2, 0.25) is 0 Å². The molecule has 0 saturated heterocycles. The fourth-order valence-corrected chi connectivity index (χ4v) is 4.73. The summed E-state index contributed by atoms with van der Waals surface area (Å²) in [5.41, 5.74) is 2.50. The van der Waals surface area contributed by atoms with Crippen molar-refractivity contribution < 1.29 is 0 Å². The number of imidazole rings is 2. The van der Waals surface area contributed by atoms with Crippen LogP contribution in [0.2, 0.25) is 0 Å². The molecule has 0 aliphatic carbocycles. The van der Waals surface area contributed by atoms with Crippen molar-refractivity contribution in [3.8, 4) is 6.07 Å². The summed E-state index contributed by atoms with van der Waals surface area (Å²) in [5.74, 6) is 1.98. The van der Waals surface area contributed by atoms with E-state index in [-0.39, 0.29) is 0 Å². The van der Waals surface area contributed by atoms with Crippen LogP contribution in [0.4, 0.5) is 0 Å². The fourth-order valence-electron chi connectivity index (χ4n) is 4.73. The van der Waals surface area contributed by atoms with Gasteiger partial charge in [0.15, 0.2) is 0 Å². The molecule has 2 heterocycles. The molecule has 0 unspecified atom stereocenters. The van der Waals surface area contributed by atoms with Gasteiger partial charge >= 0.3 is 0 Å². The number of nitriles is 1. The van der Waals surface area contributed by atoms with Crippen LogP contribution in [0.5, 0.6) is 0 Å². The Morgan fingerprint density at radius 3 is 2.00 bits per heavy atom. The molecule has 0 fully saturated rings. The minimum Gasteiger partial charge on any atom is -0.348 e. The van der Waals surface area contributed by atoms with Gasteiger partial charge in [0.25, 0.3) is 0 Å². The van der Waals surface area contributed by atoms with Crippen LogP contribution in [0.25, 0.3) is 0 Å². The highest BCUT2D eigenvalue weighted by Crippen LogP contribution is 2.14. The van der Waals surface area contributed by atoms with E-state index in [0.717, 1.165) is 57.3 Å². The molecular weight excluding hydrogens is 460 g/mol. The first-order chi connectivity index (χ1) is 18.1. The van der Waals surface area contributed by atoms with Gasteiger partial charge in [-0.3, -0.25) is 9.80 Å². The molecule has 3 rings (SSSR count). The fraction of sp³-hybridized carbons (Fsp3) is 0.552. The largest absolute Gasteiger partial charge is 0.348 e. The van der Waals surface area contributed by atoms with E-state index in [9.17, 15) is 5.26 Å². The van der Waals surface area contributed by atoms with Crippen LogP contribution in [0.15, 0.2) is 49.1 Å². The summed E-state index contributed by atoms with van der Waals surface area (Å²) in [6.07, 6.45) is 12.2. The monoisotopic (exact) mass is 504 g/mol. The van der Waals surface area contributed by atoms with Crippen LogP contribution >= 0.6 is 0 Å². The predicted molar refractivity (Wildman–Crippen MR) is 148 cm³/mol. The number of benzene rings is 1. The Bertz CT molecular complexity index is 1030. The third-order valence-corrected chi connectivity index (χ3v) is 6.62. The van der Waals surface area contributed by atoms with E-state index in [2.05, 4.69) is 78.4 Å². The molecule has 0 amide bonds. The molecule has 8 heteroatoms. The van der Waals surface area contributed by atoms with Crippen molar-refractivity contribution in [1.29, 1.82) is 5.26 Å². The molecule has 0 saturated carbocycles. The third kappa shape index (κ3) is 10.1. The van der Waals surface area contributed by atoms with E-state index in [4.69, 9.17) is 0 Å². The molecule has 37 heavy (non-hydrogen) atoms. The van der Waals surface area contributed by atoms with Crippen molar-refractivity contribution in [2.45, 2.75) is 65.7 Å². The number of aryl methyl sites for hydroxylation is 1. The number of hydrogen-bond donors (Lipinski definition) is 1. The number of H-pyrrole nitrogens is 1. The smallest absolute Gasteiger partial charge is 0.122 e. The second-order valence-corrected chi connectivity index (χ2v) is 9.87. The van der Waals surface area contributed by atoms with E-state index in [0.29, 0.717) is 6.54 Å². The number of hydrogen-bond acceptors (Lipinski definition) is 6. The second kappa shape index (κ2) is 16.0. The zero-order valence-electron chi connectivity index (χ0n) is 22.9. The average molecular weight is 505 g/mol. The summed E-state index contributed by atoms with van der Waals surface area (Å²) in [4.78, 5) is 19.3. The lowest BCUT2D eigenvalue weighted by atomic mass is 10.1. The van der Waals surface area contributed by atoms with Gasteiger partial charge in [0.05, 0.1) is 25.7 Å². The molecule has 2 aromatic heterocycles. The average Bonchev–Trinajstić information content (AvgIpc) is 3.55. The van der Waals surface area contributed by atoms with Gasteiger partial charge in [-0.25, -0.2) is 9.97 Å². The topological polar surface area (TPSA) is 80.0 Å². The van der Waals surface area contributed by atoms with Crippen molar-refractivity contribution in [2.75, 3.05) is 32.7 Å². The van der Waals surface area contributed by atoms with Gasteiger partial charge in [0.1, 0.15) is 11.6 Å². The first-order valence-electron chi connectivity index (χ1n) is 13.7. The summed E-state index contributed by atoms with van der Waals surface area (Å²) < 4.78 is 2.06. The maximum atomic E-state index is 9.35. The molecular formula is C29H44N8. The lowest BCUT2D eigenvalue weighted by Gasteiger charge is -2.23. The molecule has 0 spiro atoms. The normalized spacial score (nSPS) is 11.6. The lowest BCUT2D eigenvalue weighted by molar-refractivity contribution is 0.233. The number of nitrogens with zero attached hydrogens (tertiary/aromatic N) is 7. The van der Waals surface area contributed by atoms with Gasteiger partial charge in [-0.1, -0.05) is 38.1 Å². The Kier molecular flexibility index (Phi) is 12.3. The highest BCUT2D eigenvalue weighted by atomic mass is 15.2. The second-order valence-electron chi connectivity index (χ2n) is 9.87. The van der Waals surface area contributed by atoms with E-state index < -0.39 is 0 Å². The van der Waals surface area contributed by atoms with Gasteiger partial charge in [-0.05, 0) is 63.0 Å². The van der Waals surface area contributed by atoms with E-state index >= 15 is 0 Å². The van der Waals surface area contributed by atoms with Gasteiger partial charge in [0, 0.05) is 44.9 Å². The quantitative estimate of drug-likeness (QED) is 0.202. The maximum Gasteiger partial charge on any atom is 0.122 e. The number of rotatable bonds is 18. The van der Waals surface area contributed by atoms with Crippen LogP contribution in [-0.2, 0) is 33.2 Å². The van der Waals surface area contributed by atoms with Crippen LogP contribution in [-0.4, -0.2) is 66.9 Å². The van der Waals surface area contributed by atoms with Crippen molar-refractivity contribution in [3.05, 3.63) is 71.8 Å². The van der Waals surface area contributed by atoms with Crippen LogP contribution in [0.3, 0.4) is 0 Å². The van der Waals surface area contributed by atoms with Crippen molar-refractivity contribution in [2.24, 2.45) is 7.05 Å². The Balaban J connectivity index is 1.53. The van der Waals surface area contributed by atoms with Gasteiger partial charge in [-0.2, -0.15) is 5.26 Å². The number of aromatic nitrogens is 4. The standard InChI is InChI=1S/C29H44N8/c1-4-16-35(17-5-2)18-6-7-19-36(20-12-30)22-26-8-10-27(11-9-26)23-37(24-28-31-13-14-32-28)25-29-33-15-21-34(29)3/h8-11,13-15,21H,4-7,16-20,22-25H2,1-3H3,(H,31,32). The zero-order chi connectivity index (χ0) is 26.3. The van der Waals surface area contributed by atoms with E-state index in [1.54, 1.807) is 6.20 Å². The predicted octanol–water partition coefficient (Wildman–Crippen LogP) is 4.57. The summed E-state index contributed by atoms with van der Waals surface area (Å²) >= 11 is 0. The minimum absolute atomic E-state index is 0.468.